The maximum absolute atomic E-state index is 12.7. The van der Waals surface area contributed by atoms with Gasteiger partial charge in [-0.25, -0.2) is 4.68 Å². The monoisotopic (exact) mass is 307 g/mol. The number of hydrogen-bond acceptors (Lipinski definition) is 4. The second-order valence-electron chi connectivity index (χ2n) is 5.17. The van der Waals surface area contributed by atoms with Crippen molar-refractivity contribution in [3.8, 4) is 5.69 Å². The van der Waals surface area contributed by atoms with Crippen molar-refractivity contribution in [1.29, 1.82) is 0 Å². The first kappa shape index (κ1) is 13.2. The van der Waals surface area contributed by atoms with Crippen molar-refractivity contribution in [1.82, 2.24) is 14.8 Å². The normalized spacial score (nSPS) is 16.0. The lowest BCUT2D eigenvalue weighted by Crippen LogP contribution is -2.12. The summed E-state index contributed by atoms with van der Waals surface area (Å²) in [7, 11) is 0. The fraction of sp³-hybridized carbons (Fsp3) is 0.118. The van der Waals surface area contributed by atoms with Gasteiger partial charge in [-0.15, -0.1) is 11.3 Å². The summed E-state index contributed by atoms with van der Waals surface area (Å²) >= 11 is 1.54. The Morgan fingerprint density at radius 1 is 1.18 bits per heavy atom. The van der Waals surface area contributed by atoms with Gasteiger partial charge in [0.1, 0.15) is 0 Å². The van der Waals surface area contributed by atoms with Crippen LogP contribution in [-0.4, -0.2) is 20.5 Å². The summed E-state index contributed by atoms with van der Waals surface area (Å²) in [6.45, 7) is 0. The van der Waals surface area contributed by atoms with Crippen molar-refractivity contribution < 1.29 is 4.79 Å². The molecular weight excluding hydrogens is 294 g/mol. The minimum atomic E-state index is 0.0804. The van der Waals surface area contributed by atoms with Gasteiger partial charge in [-0.3, -0.25) is 9.78 Å². The third-order valence-corrected chi connectivity index (χ3v) is 4.47. The summed E-state index contributed by atoms with van der Waals surface area (Å²) in [5.74, 6) is 0.0804. The lowest BCUT2D eigenvalue weighted by molar-refractivity contribution is 0.102. The molecular formula is C17H13N3OS. The predicted octanol–water partition coefficient (Wildman–Crippen LogP) is 3.54. The van der Waals surface area contributed by atoms with Crippen LogP contribution in [0.15, 0.2) is 53.8 Å². The average Bonchev–Trinajstić information content (AvgIpc) is 3.21. The van der Waals surface area contributed by atoms with Gasteiger partial charge in [0.2, 0.25) is 0 Å². The van der Waals surface area contributed by atoms with E-state index in [0.29, 0.717) is 5.56 Å². The topological polar surface area (TPSA) is 47.8 Å². The van der Waals surface area contributed by atoms with E-state index in [1.165, 1.54) is 0 Å². The summed E-state index contributed by atoms with van der Waals surface area (Å²) in [6.07, 6.45) is 7.10. The molecule has 0 amide bonds. The number of allylic oxidation sites excluding steroid dienone is 1. The Hall–Kier alpha value is -2.53. The zero-order valence-corrected chi connectivity index (χ0v) is 12.6. The quantitative estimate of drug-likeness (QED) is 0.680. The van der Waals surface area contributed by atoms with Crippen molar-refractivity contribution in [2.24, 2.45) is 0 Å². The Bertz CT molecular complexity index is 847. The Morgan fingerprint density at radius 2 is 2.05 bits per heavy atom. The molecule has 0 aliphatic heterocycles. The molecule has 3 aromatic rings. The number of thiazole rings is 1. The van der Waals surface area contributed by atoms with Crippen molar-refractivity contribution in [2.75, 3.05) is 0 Å². The minimum absolute atomic E-state index is 0.0804. The highest BCUT2D eigenvalue weighted by molar-refractivity contribution is 7.10. The molecule has 4 nitrogen and oxygen atoms in total. The van der Waals surface area contributed by atoms with Gasteiger partial charge in [-0.1, -0.05) is 18.2 Å². The fourth-order valence-corrected chi connectivity index (χ4v) is 3.22. The van der Waals surface area contributed by atoms with Crippen LogP contribution in [0.5, 0.6) is 0 Å². The third kappa shape index (κ3) is 2.29. The lowest BCUT2D eigenvalue weighted by Gasteiger charge is -2.11. The van der Waals surface area contributed by atoms with Crippen molar-refractivity contribution in [2.45, 2.75) is 12.8 Å². The maximum atomic E-state index is 12.7. The van der Waals surface area contributed by atoms with Crippen LogP contribution in [0.1, 0.15) is 27.3 Å². The second kappa shape index (κ2) is 5.35. The number of Topliss-reactive ketones (excluding diaryl/α,β-unsaturated/α-hetero) is 1. The number of fused-ring (bicyclic) bond motifs is 1. The Morgan fingerprint density at radius 3 is 2.82 bits per heavy atom. The van der Waals surface area contributed by atoms with Crippen LogP contribution in [0.3, 0.4) is 0 Å². The van der Waals surface area contributed by atoms with Crippen LogP contribution >= 0.6 is 11.3 Å². The molecule has 22 heavy (non-hydrogen) atoms. The van der Waals surface area contributed by atoms with E-state index in [-0.39, 0.29) is 5.78 Å². The maximum Gasteiger partial charge on any atom is 0.192 e. The van der Waals surface area contributed by atoms with Gasteiger partial charge in [0.25, 0.3) is 0 Å². The van der Waals surface area contributed by atoms with Gasteiger partial charge in [-0.05, 0) is 31.1 Å². The molecule has 1 aromatic carbocycles. The van der Waals surface area contributed by atoms with E-state index in [4.69, 9.17) is 0 Å². The van der Waals surface area contributed by atoms with Gasteiger partial charge < -0.3 is 0 Å². The van der Waals surface area contributed by atoms with Crippen LogP contribution in [0, 0.1) is 0 Å². The van der Waals surface area contributed by atoms with Crippen LogP contribution < -0.4 is 0 Å². The lowest BCUT2D eigenvalue weighted by atomic mass is 9.91. The number of hydrogen-bond donors (Lipinski definition) is 0. The highest BCUT2D eigenvalue weighted by Crippen LogP contribution is 2.27. The second-order valence-corrected chi connectivity index (χ2v) is 6.09. The highest BCUT2D eigenvalue weighted by atomic mass is 32.1. The van der Waals surface area contributed by atoms with Crippen molar-refractivity contribution in [3.63, 3.8) is 0 Å². The van der Waals surface area contributed by atoms with Crippen LogP contribution in [0.2, 0.25) is 0 Å². The molecule has 4 rings (SSSR count). The molecule has 0 saturated carbocycles. The van der Waals surface area contributed by atoms with Gasteiger partial charge in [0.05, 0.1) is 22.5 Å². The van der Waals surface area contributed by atoms with Gasteiger partial charge in [-0.2, -0.15) is 5.10 Å². The third-order valence-electron chi connectivity index (χ3n) is 3.75. The molecule has 1 aliphatic carbocycles. The molecule has 1 aliphatic rings. The smallest absolute Gasteiger partial charge is 0.192 e. The fourth-order valence-electron chi connectivity index (χ4n) is 2.64. The Labute approximate surface area is 131 Å². The van der Waals surface area contributed by atoms with Gasteiger partial charge >= 0.3 is 0 Å². The van der Waals surface area contributed by atoms with Crippen molar-refractivity contribution in [3.05, 3.63) is 69.9 Å². The van der Waals surface area contributed by atoms with Crippen LogP contribution in [0.25, 0.3) is 11.8 Å². The molecule has 2 aromatic heterocycles. The SMILES string of the molecule is O=C1/C(=C/c2cncs2)CCc2nn(-c3ccccc3)cc21. The van der Waals surface area contributed by atoms with Crippen molar-refractivity contribution >= 4 is 23.2 Å². The molecule has 0 fully saturated rings. The first-order valence-corrected chi connectivity index (χ1v) is 7.97. The molecule has 0 atom stereocenters. The Balaban J connectivity index is 1.71. The zero-order valence-electron chi connectivity index (χ0n) is 11.8. The summed E-state index contributed by atoms with van der Waals surface area (Å²) in [6, 6.07) is 9.86. The first-order valence-electron chi connectivity index (χ1n) is 7.09. The summed E-state index contributed by atoms with van der Waals surface area (Å²) < 4.78 is 1.79. The number of aryl methyl sites for hydroxylation is 1. The van der Waals surface area contributed by atoms with Gasteiger partial charge in [0, 0.05) is 22.8 Å². The van der Waals surface area contributed by atoms with E-state index in [0.717, 1.165) is 34.7 Å². The number of rotatable bonds is 2. The largest absolute Gasteiger partial charge is 0.289 e. The minimum Gasteiger partial charge on any atom is -0.289 e. The molecule has 5 heteroatoms. The number of aromatic nitrogens is 3. The molecule has 0 saturated heterocycles. The summed E-state index contributed by atoms with van der Waals surface area (Å²) in [4.78, 5) is 17.7. The zero-order chi connectivity index (χ0) is 14.9. The van der Waals surface area contributed by atoms with E-state index in [2.05, 4.69) is 10.1 Å². The number of para-hydroxylation sites is 1. The summed E-state index contributed by atoms with van der Waals surface area (Å²) in [5.41, 5.74) is 5.18. The molecule has 108 valence electrons. The first-order chi connectivity index (χ1) is 10.8. The Kier molecular flexibility index (Phi) is 3.20. The number of nitrogens with zero attached hydrogens (tertiary/aromatic N) is 3. The number of carbonyl (C=O) groups is 1. The average molecular weight is 307 g/mol. The molecule has 2 heterocycles. The van der Waals surface area contributed by atoms with E-state index >= 15 is 0 Å². The number of carbonyl (C=O) groups excluding carboxylic acids is 1. The number of ketones is 1. The van der Waals surface area contributed by atoms with E-state index in [9.17, 15) is 4.79 Å². The number of benzene rings is 1. The summed E-state index contributed by atoms with van der Waals surface area (Å²) in [5, 5.41) is 4.56. The molecule has 0 spiro atoms. The van der Waals surface area contributed by atoms with Crippen LogP contribution in [0.4, 0.5) is 0 Å². The van der Waals surface area contributed by atoms with Gasteiger partial charge in [0.15, 0.2) is 5.78 Å². The molecule has 0 N–H and O–H groups in total. The molecule has 0 radical (unpaired) electrons. The molecule has 0 unspecified atom stereocenters. The van der Waals surface area contributed by atoms with Crippen LogP contribution in [-0.2, 0) is 6.42 Å². The van der Waals surface area contributed by atoms with E-state index in [1.807, 2.05) is 42.6 Å². The predicted molar refractivity (Wildman–Crippen MR) is 86.3 cm³/mol. The van der Waals surface area contributed by atoms with E-state index in [1.54, 1.807) is 27.7 Å². The molecule has 0 bridgehead atoms. The van der Waals surface area contributed by atoms with E-state index < -0.39 is 0 Å². The highest BCUT2D eigenvalue weighted by Gasteiger charge is 2.25. The standard InChI is InChI=1S/C17H13N3OS/c21-17-12(8-14-9-18-11-22-14)6-7-16-15(17)10-20(19-16)13-4-2-1-3-5-13/h1-5,8-11H,6-7H2/b12-8+.